The lowest BCUT2D eigenvalue weighted by molar-refractivity contribution is -0.114. The summed E-state index contributed by atoms with van der Waals surface area (Å²) in [5, 5.41) is 3.45. The van der Waals surface area contributed by atoms with Gasteiger partial charge in [-0.15, -0.1) is 0 Å². The summed E-state index contributed by atoms with van der Waals surface area (Å²) in [7, 11) is 1.59. The zero-order valence-corrected chi connectivity index (χ0v) is 12.8. The minimum Gasteiger partial charge on any atom is -0.497 e. The summed E-state index contributed by atoms with van der Waals surface area (Å²) >= 11 is 0. The number of carbonyl (C=O) groups is 1. The number of ether oxygens (including phenoxy) is 1. The highest BCUT2D eigenvalue weighted by molar-refractivity contribution is 5.92. The van der Waals surface area contributed by atoms with Crippen molar-refractivity contribution < 1.29 is 13.9 Å². The van der Waals surface area contributed by atoms with Crippen molar-refractivity contribution in [2.45, 2.75) is 6.92 Å². The zero-order valence-electron chi connectivity index (χ0n) is 12.8. The molecule has 0 radical (unpaired) electrons. The van der Waals surface area contributed by atoms with E-state index >= 15 is 0 Å². The van der Waals surface area contributed by atoms with E-state index in [2.05, 4.69) is 5.32 Å². The highest BCUT2D eigenvalue weighted by Gasteiger charge is 2.09. The Labute approximate surface area is 132 Å². The predicted molar refractivity (Wildman–Crippen MR) is 88.8 cm³/mol. The molecule has 0 saturated heterocycles. The second-order valence-electron chi connectivity index (χ2n) is 5.11. The van der Waals surface area contributed by atoms with Crippen LogP contribution >= 0.6 is 0 Å². The SMILES string of the molecule is COc1ccc(-c2cc3cc(NC(C)=O)ccc3oc2=O)cc1. The molecular weight excluding hydrogens is 294 g/mol. The van der Waals surface area contributed by atoms with Crippen molar-refractivity contribution in [2.24, 2.45) is 0 Å². The standard InChI is InChI=1S/C18H15NO4/c1-11(20)19-14-5-8-17-13(9-14)10-16(18(21)23-17)12-3-6-15(22-2)7-4-12/h3-10H,1-2H3,(H,19,20). The molecule has 2 aromatic carbocycles. The first-order chi connectivity index (χ1) is 11.1. The number of hydrogen-bond donors (Lipinski definition) is 1. The Morgan fingerprint density at radius 3 is 2.48 bits per heavy atom. The van der Waals surface area contributed by atoms with E-state index in [1.54, 1.807) is 55.6 Å². The minimum absolute atomic E-state index is 0.155. The maximum atomic E-state index is 12.2. The molecule has 0 fully saturated rings. The molecule has 1 heterocycles. The Morgan fingerprint density at radius 1 is 1.09 bits per heavy atom. The van der Waals surface area contributed by atoms with E-state index in [0.717, 1.165) is 10.9 Å². The molecule has 0 atom stereocenters. The van der Waals surface area contributed by atoms with Crippen LogP contribution in [-0.4, -0.2) is 13.0 Å². The van der Waals surface area contributed by atoms with Gasteiger partial charge in [0.1, 0.15) is 11.3 Å². The minimum atomic E-state index is -0.407. The molecule has 5 heteroatoms. The summed E-state index contributed by atoms with van der Waals surface area (Å²) in [4.78, 5) is 23.3. The predicted octanol–water partition coefficient (Wildman–Crippen LogP) is 3.43. The van der Waals surface area contributed by atoms with Gasteiger partial charge in [0.2, 0.25) is 5.91 Å². The molecule has 0 unspecified atom stereocenters. The van der Waals surface area contributed by atoms with Gasteiger partial charge in [-0.05, 0) is 42.0 Å². The molecule has 0 saturated carbocycles. The van der Waals surface area contributed by atoms with Gasteiger partial charge in [0.05, 0.1) is 12.7 Å². The molecule has 116 valence electrons. The van der Waals surface area contributed by atoms with E-state index in [-0.39, 0.29) is 5.91 Å². The molecule has 0 bridgehead atoms. The van der Waals surface area contributed by atoms with Gasteiger partial charge in [-0.3, -0.25) is 4.79 Å². The summed E-state index contributed by atoms with van der Waals surface area (Å²) in [6, 6.07) is 14.1. The number of fused-ring (bicyclic) bond motifs is 1. The van der Waals surface area contributed by atoms with Crippen molar-refractivity contribution in [3.63, 3.8) is 0 Å². The molecule has 23 heavy (non-hydrogen) atoms. The lowest BCUT2D eigenvalue weighted by atomic mass is 10.1. The topological polar surface area (TPSA) is 68.5 Å². The van der Waals surface area contributed by atoms with Crippen LogP contribution < -0.4 is 15.7 Å². The van der Waals surface area contributed by atoms with Crippen molar-refractivity contribution in [2.75, 3.05) is 12.4 Å². The molecule has 3 rings (SSSR count). The summed E-state index contributed by atoms with van der Waals surface area (Å²) in [6.07, 6.45) is 0. The van der Waals surface area contributed by atoms with Crippen LogP contribution in [0, 0.1) is 0 Å². The zero-order chi connectivity index (χ0) is 16.4. The van der Waals surface area contributed by atoms with Crippen LogP contribution in [0.25, 0.3) is 22.1 Å². The van der Waals surface area contributed by atoms with Crippen LogP contribution in [0.15, 0.2) is 57.7 Å². The maximum Gasteiger partial charge on any atom is 0.344 e. The molecule has 1 amide bonds. The van der Waals surface area contributed by atoms with Crippen LogP contribution in [0.2, 0.25) is 0 Å². The van der Waals surface area contributed by atoms with Gasteiger partial charge in [-0.1, -0.05) is 12.1 Å². The number of rotatable bonds is 3. The summed E-state index contributed by atoms with van der Waals surface area (Å²) < 4.78 is 10.5. The second kappa shape index (κ2) is 5.96. The smallest absolute Gasteiger partial charge is 0.344 e. The van der Waals surface area contributed by atoms with Crippen molar-refractivity contribution >= 4 is 22.6 Å². The number of anilines is 1. The lowest BCUT2D eigenvalue weighted by Gasteiger charge is -2.06. The first kappa shape index (κ1) is 14.8. The van der Waals surface area contributed by atoms with Crippen molar-refractivity contribution in [1.82, 2.24) is 0 Å². The molecule has 0 aliphatic rings. The van der Waals surface area contributed by atoms with E-state index in [1.165, 1.54) is 6.92 Å². The lowest BCUT2D eigenvalue weighted by Crippen LogP contribution is -2.06. The molecule has 0 aliphatic carbocycles. The van der Waals surface area contributed by atoms with Crippen molar-refractivity contribution in [3.8, 4) is 16.9 Å². The van der Waals surface area contributed by atoms with Crippen molar-refractivity contribution in [1.29, 1.82) is 0 Å². The summed E-state index contributed by atoms with van der Waals surface area (Å²) in [5.74, 6) is 0.559. The van der Waals surface area contributed by atoms with Gasteiger partial charge >= 0.3 is 5.63 Å². The fourth-order valence-corrected chi connectivity index (χ4v) is 2.38. The van der Waals surface area contributed by atoms with E-state index in [0.29, 0.717) is 22.6 Å². The van der Waals surface area contributed by atoms with Gasteiger partial charge in [-0.2, -0.15) is 0 Å². The third-order valence-electron chi connectivity index (χ3n) is 3.45. The molecule has 3 aromatic rings. The van der Waals surface area contributed by atoms with E-state index in [4.69, 9.17) is 9.15 Å². The maximum absolute atomic E-state index is 12.2. The Bertz CT molecular complexity index is 926. The first-order valence-corrected chi connectivity index (χ1v) is 7.07. The summed E-state index contributed by atoms with van der Waals surface area (Å²) in [6.45, 7) is 1.44. The molecule has 0 aliphatic heterocycles. The average molecular weight is 309 g/mol. The Morgan fingerprint density at radius 2 is 1.83 bits per heavy atom. The third kappa shape index (κ3) is 3.08. The number of nitrogens with one attached hydrogen (secondary N) is 1. The fraction of sp³-hybridized carbons (Fsp3) is 0.111. The van der Waals surface area contributed by atoms with Crippen LogP contribution in [-0.2, 0) is 4.79 Å². The van der Waals surface area contributed by atoms with Gasteiger partial charge in [0.15, 0.2) is 0 Å². The van der Waals surface area contributed by atoms with Crippen molar-refractivity contribution in [3.05, 3.63) is 59.0 Å². The summed E-state index contributed by atoms with van der Waals surface area (Å²) in [5.41, 5.74) is 1.92. The highest BCUT2D eigenvalue weighted by atomic mass is 16.5. The van der Waals surface area contributed by atoms with E-state index < -0.39 is 5.63 Å². The first-order valence-electron chi connectivity index (χ1n) is 7.07. The van der Waals surface area contributed by atoms with Crippen LogP contribution in [0.5, 0.6) is 5.75 Å². The van der Waals surface area contributed by atoms with Crippen LogP contribution in [0.3, 0.4) is 0 Å². The normalized spacial score (nSPS) is 10.5. The fourth-order valence-electron chi connectivity index (χ4n) is 2.38. The average Bonchev–Trinajstić information content (AvgIpc) is 2.54. The van der Waals surface area contributed by atoms with E-state index in [1.807, 2.05) is 0 Å². The second-order valence-corrected chi connectivity index (χ2v) is 5.11. The number of hydrogen-bond acceptors (Lipinski definition) is 4. The molecule has 1 N–H and O–H groups in total. The van der Waals surface area contributed by atoms with E-state index in [9.17, 15) is 9.59 Å². The van der Waals surface area contributed by atoms with Gasteiger partial charge in [0.25, 0.3) is 0 Å². The third-order valence-corrected chi connectivity index (χ3v) is 3.45. The number of benzene rings is 2. The monoisotopic (exact) mass is 309 g/mol. The molecule has 5 nitrogen and oxygen atoms in total. The Hall–Kier alpha value is -3.08. The van der Waals surface area contributed by atoms with Gasteiger partial charge in [-0.25, -0.2) is 4.79 Å². The number of methoxy groups -OCH3 is 1. The van der Waals surface area contributed by atoms with Crippen LogP contribution in [0.4, 0.5) is 5.69 Å². The quantitative estimate of drug-likeness (QED) is 0.753. The number of carbonyl (C=O) groups excluding carboxylic acids is 1. The Balaban J connectivity index is 2.10. The van der Waals surface area contributed by atoms with Crippen LogP contribution in [0.1, 0.15) is 6.92 Å². The highest BCUT2D eigenvalue weighted by Crippen LogP contribution is 2.25. The molecule has 1 aromatic heterocycles. The largest absolute Gasteiger partial charge is 0.497 e. The Kier molecular flexibility index (Phi) is 3.85. The number of amides is 1. The van der Waals surface area contributed by atoms with Gasteiger partial charge < -0.3 is 14.5 Å². The van der Waals surface area contributed by atoms with Gasteiger partial charge in [0, 0.05) is 18.0 Å². The molecule has 0 spiro atoms. The molecular formula is C18H15NO4.